The molecular weight excluding hydrogens is 325 g/mol. The number of aromatic nitrogens is 2. The highest BCUT2D eigenvalue weighted by Gasteiger charge is 2.08. The molecule has 92 valence electrons. The number of nitro groups is 1. The second-order valence-corrected chi connectivity index (χ2v) is 4.25. The molecule has 0 unspecified atom stereocenters. The van der Waals surface area contributed by atoms with Crippen molar-refractivity contribution < 1.29 is 9.66 Å². The van der Waals surface area contributed by atoms with Crippen LogP contribution in [0.15, 0.2) is 35.1 Å². The first-order valence-corrected chi connectivity index (χ1v) is 5.84. The van der Waals surface area contributed by atoms with Crippen LogP contribution in [0.3, 0.4) is 0 Å². The third-order valence-electron chi connectivity index (χ3n) is 1.89. The van der Waals surface area contributed by atoms with E-state index in [-0.39, 0.29) is 21.5 Å². The maximum atomic E-state index is 10.6. The normalized spacial score (nSPS) is 10.1. The van der Waals surface area contributed by atoms with Gasteiger partial charge in [0.1, 0.15) is 10.9 Å². The average Bonchev–Trinajstić information content (AvgIpc) is 2.27. The van der Waals surface area contributed by atoms with Gasteiger partial charge in [-0.25, -0.2) is 4.98 Å². The van der Waals surface area contributed by atoms with Crippen LogP contribution in [-0.4, -0.2) is 14.9 Å². The van der Waals surface area contributed by atoms with Gasteiger partial charge in [-0.05, 0) is 22.0 Å². The monoisotopic (exact) mass is 329 g/mol. The largest absolute Gasteiger partial charge is 0.439 e. The summed E-state index contributed by atoms with van der Waals surface area (Å²) in [5.41, 5.74) is -0.0632. The molecule has 0 bridgehead atoms. The minimum absolute atomic E-state index is 0.0632. The first-order chi connectivity index (χ1) is 8.54. The maximum absolute atomic E-state index is 10.6. The minimum atomic E-state index is -0.504. The van der Waals surface area contributed by atoms with Gasteiger partial charge >= 0.3 is 0 Å². The van der Waals surface area contributed by atoms with E-state index in [1.165, 1.54) is 24.3 Å². The third-order valence-corrected chi connectivity index (χ3v) is 2.44. The zero-order valence-corrected chi connectivity index (χ0v) is 11.1. The SMILES string of the molecule is O=[N+]([O-])c1cccc(Oc2cc(Cl)nc(Br)n2)c1. The van der Waals surface area contributed by atoms with Crippen LogP contribution < -0.4 is 4.74 Å². The van der Waals surface area contributed by atoms with Gasteiger partial charge in [0, 0.05) is 12.1 Å². The van der Waals surface area contributed by atoms with Gasteiger partial charge in [0.05, 0.1) is 11.0 Å². The molecular formula is C10H5BrClN3O3. The third kappa shape index (κ3) is 3.14. The Hall–Kier alpha value is -1.73. The number of ether oxygens (including phenoxy) is 1. The Labute approximate surface area is 115 Å². The minimum Gasteiger partial charge on any atom is -0.439 e. The van der Waals surface area contributed by atoms with E-state index in [2.05, 4.69) is 25.9 Å². The summed E-state index contributed by atoms with van der Waals surface area (Å²) in [6, 6.07) is 7.17. The maximum Gasteiger partial charge on any atom is 0.273 e. The van der Waals surface area contributed by atoms with Gasteiger partial charge in [-0.2, -0.15) is 4.98 Å². The highest BCUT2D eigenvalue weighted by atomic mass is 79.9. The zero-order chi connectivity index (χ0) is 13.1. The van der Waals surface area contributed by atoms with Gasteiger partial charge in [0.15, 0.2) is 0 Å². The zero-order valence-electron chi connectivity index (χ0n) is 8.71. The van der Waals surface area contributed by atoms with Crippen molar-refractivity contribution in [2.75, 3.05) is 0 Å². The second-order valence-electron chi connectivity index (χ2n) is 3.15. The summed E-state index contributed by atoms with van der Waals surface area (Å²) >= 11 is 8.80. The number of nitrogens with zero attached hydrogens (tertiary/aromatic N) is 3. The molecule has 2 rings (SSSR count). The molecule has 0 fully saturated rings. The summed E-state index contributed by atoms with van der Waals surface area (Å²) in [6.07, 6.45) is 0. The lowest BCUT2D eigenvalue weighted by atomic mass is 10.3. The highest BCUT2D eigenvalue weighted by Crippen LogP contribution is 2.25. The van der Waals surface area contributed by atoms with E-state index in [1.54, 1.807) is 6.07 Å². The Morgan fingerprint density at radius 2 is 2.11 bits per heavy atom. The number of halogens is 2. The molecule has 0 aliphatic heterocycles. The molecule has 0 N–H and O–H groups in total. The van der Waals surface area contributed by atoms with Crippen LogP contribution in [0.1, 0.15) is 0 Å². The number of non-ortho nitro benzene ring substituents is 1. The lowest BCUT2D eigenvalue weighted by molar-refractivity contribution is -0.384. The van der Waals surface area contributed by atoms with Crippen molar-refractivity contribution >= 4 is 33.2 Å². The van der Waals surface area contributed by atoms with Crippen molar-refractivity contribution in [2.45, 2.75) is 0 Å². The van der Waals surface area contributed by atoms with Crippen LogP contribution in [0.2, 0.25) is 5.15 Å². The molecule has 0 saturated carbocycles. The summed E-state index contributed by atoms with van der Waals surface area (Å²) in [5, 5.41) is 10.8. The van der Waals surface area contributed by atoms with Gasteiger partial charge in [-0.3, -0.25) is 10.1 Å². The molecule has 0 atom stereocenters. The van der Waals surface area contributed by atoms with Crippen molar-refractivity contribution in [1.29, 1.82) is 0 Å². The fraction of sp³-hybridized carbons (Fsp3) is 0. The van der Waals surface area contributed by atoms with E-state index in [4.69, 9.17) is 16.3 Å². The first kappa shape index (κ1) is 12.7. The molecule has 0 aliphatic rings. The summed E-state index contributed by atoms with van der Waals surface area (Å²) < 4.78 is 5.63. The van der Waals surface area contributed by atoms with Gasteiger partial charge in [-0.15, -0.1) is 0 Å². The van der Waals surface area contributed by atoms with Crippen molar-refractivity contribution in [2.24, 2.45) is 0 Å². The van der Waals surface area contributed by atoms with E-state index in [9.17, 15) is 10.1 Å². The Morgan fingerprint density at radius 1 is 1.33 bits per heavy atom. The molecule has 0 radical (unpaired) electrons. The lowest BCUT2D eigenvalue weighted by Gasteiger charge is -2.04. The number of rotatable bonds is 3. The fourth-order valence-corrected chi connectivity index (χ4v) is 1.85. The van der Waals surface area contributed by atoms with Crippen LogP contribution in [0.5, 0.6) is 11.6 Å². The molecule has 8 heteroatoms. The molecule has 0 spiro atoms. The molecule has 0 aliphatic carbocycles. The van der Waals surface area contributed by atoms with Crippen LogP contribution >= 0.6 is 27.5 Å². The Morgan fingerprint density at radius 3 is 2.78 bits per heavy atom. The predicted octanol–water partition coefficient (Wildman–Crippen LogP) is 3.59. The first-order valence-electron chi connectivity index (χ1n) is 4.67. The molecule has 1 heterocycles. The van der Waals surface area contributed by atoms with Gasteiger partial charge in [0.25, 0.3) is 5.69 Å². The molecule has 1 aromatic carbocycles. The van der Waals surface area contributed by atoms with E-state index >= 15 is 0 Å². The molecule has 18 heavy (non-hydrogen) atoms. The van der Waals surface area contributed by atoms with Crippen molar-refractivity contribution in [3.05, 3.63) is 50.3 Å². The molecule has 6 nitrogen and oxygen atoms in total. The number of hydrogen-bond acceptors (Lipinski definition) is 5. The highest BCUT2D eigenvalue weighted by molar-refractivity contribution is 9.10. The van der Waals surface area contributed by atoms with E-state index < -0.39 is 4.92 Å². The Kier molecular flexibility index (Phi) is 3.73. The predicted molar refractivity (Wildman–Crippen MR) is 67.9 cm³/mol. The van der Waals surface area contributed by atoms with E-state index in [0.717, 1.165) is 0 Å². The Bertz CT molecular complexity index is 588. The standard InChI is InChI=1S/C10H5BrClN3O3/c11-10-13-8(12)5-9(14-10)18-7-3-1-2-6(4-7)15(16)17/h1-5H. The van der Waals surface area contributed by atoms with E-state index in [1.807, 2.05) is 0 Å². The van der Waals surface area contributed by atoms with Gasteiger partial charge in [0.2, 0.25) is 10.6 Å². The lowest BCUT2D eigenvalue weighted by Crippen LogP contribution is -1.92. The second kappa shape index (κ2) is 5.28. The van der Waals surface area contributed by atoms with Crippen LogP contribution in [-0.2, 0) is 0 Å². The molecule has 0 saturated heterocycles. The molecule has 0 amide bonds. The number of nitro benzene ring substituents is 1. The average molecular weight is 331 g/mol. The Balaban J connectivity index is 2.28. The van der Waals surface area contributed by atoms with Crippen LogP contribution in [0, 0.1) is 10.1 Å². The van der Waals surface area contributed by atoms with Crippen LogP contribution in [0.25, 0.3) is 0 Å². The van der Waals surface area contributed by atoms with Crippen molar-refractivity contribution in [1.82, 2.24) is 9.97 Å². The summed E-state index contributed by atoms with van der Waals surface area (Å²) in [6.45, 7) is 0. The smallest absolute Gasteiger partial charge is 0.273 e. The summed E-state index contributed by atoms with van der Waals surface area (Å²) in [7, 11) is 0. The van der Waals surface area contributed by atoms with Gasteiger partial charge < -0.3 is 4.74 Å². The summed E-state index contributed by atoms with van der Waals surface area (Å²) in [4.78, 5) is 17.8. The number of benzene rings is 1. The quantitative estimate of drug-likeness (QED) is 0.372. The molecule has 2 aromatic rings. The summed E-state index contributed by atoms with van der Waals surface area (Å²) in [5.74, 6) is 0.494. The fourth-order valence-electron chi connectivity index (χ4n) is 1.20. The van der Waals surface area contributed by atoms with Crippen LogP contribution in [0.4, 0.5) is 5.69 Å². The number of hydrogen-bond donors (Lipinski definition) is 0. The van der Waals surface area contributed by atoms with Crippen molar-refractivity contribution in [3.8, 4) is 11.6 Å². The molecule has 1 aromatic heterocycles. The van der Waals surface area contributed by atoms with E-state index in [0.29, 0.717) is 5.75 Å². The van der Waals surface area contributed by atoms with Gasteiger partial charge in [-0.1, -0.05) is 17.7 Å². The van der Waals surface area contributed by atoms with Crippen molar-refractivity contribution in [3.63, 3.8) is 0 Å². The topological polar surface area (TPSA) is 78.2 Å².